The maximum atomic E-state index is 12.5. The molecule has 2 aliphatic rings. The van der Waals surface area contributed by atoms with Gasteiger partial charge in [-0.1, -0.05) is 50.6 Å². The molecule has 0 aliphatic heterocycles. The predicted molar refractivity (Wildman–Crippen MR) is 90.5 cm³/mol. The van der Waals surface area contributed by atoms with Gasteiger partial charge in [0, 0.05) is 24.2 Å². The summed E-state index contributed by atoms with van der Waals surface area (Å²) in [6.07, 6.45) is 7.81. The van der Waals surface area contributed by atoms with Gasteiger partial charge in [0.25, 0.3) is 0 Å². The molecule has 0 spiro atoms. The number of Topliss-reactive ketones (excluding diaryl/α,β-unsaturated/α-hetero) is 2. The molecule has 0 amide bonds. The van der Waals surface area contributed by atoms with Crippen LogP contribution in [0, 0.1) is 17.3 Å². The third kappa shape index (κ3) is 3.31. The molecule has 0 aromatic heterocycles. The number of ketones is 2. The number of hydrogen-bond acceptors (Lipinski definition) is 2. The Morgan fingerprint density at radius 3 is 2.55 bits per heavy atom. The molecule has 0 saturated heterocycles. The van der Waals surface area contributed by atoms with Gasteiger partial charge >= 0.3 is 0 Å². The highest BCUT2D eigenvalue weighted by Gasteiger charge is 2.47. The van der Waals surface area contributed by atoms with E-state index in [1.165, 1.54) is 11.1 Å². The van der Waals surface area contributed by atoms with E-state index in [1.54, 1.807) is 0 Å². The van der Waals surface area contributed by atoms with Crippen LogP contribution in [0.2, 0.25) is 0 Å². The molecule has 2 heteroatoms. The van der Waals surface area contributed by atoms with E-state index in [9.17, 15) is 9.59 Å². The van der Waals surface area contributed by atoms with Crippen molar-refractivity contribution >= 4 is 11.6 Å². The third-order valence-electron chi connectivity index (χ3n) is 5.14. The van der Waals surface area contributed by atoms with Crippen molar-refractivity contribution in [3.63, 3.8) is 0 Å². The highest BCUT2D eigenvalue weighted by Crippen LogP contribution is 2.50. The number of carbonyl (C=O) groups is 2. The first kappa shape index (κ1) is 16.9. The van der Waals surface area contributed by atoms with Crippen LogP contribution in [0.15, 0.2) is 35.5 Å². The Balaban J connectivity index is 2.46. The average Bonchev–Trinajstić information content (AvgIpc) is 2.65. The zero-order chi connectivity index (χ0) is 16.5. The lowest BCUT2D eigenvalue weighted by molar-refractivity contribution is -0.121. The Morgan fingerprint density at radius 2 is 1.91 bits per heavy atom. The summed E-state index contributed by atoms with van der Waals surface area (Å²) in [4.78, 5) is 25.0. The molecule has 2 atom stereocenters. The largest absolute Gasteiger partial charge is 0.299 e. The zero-order valence-corrected chi connectivity index (χ0v) is 14.4. The second kappa shape index (κ2) is 6.36. The molecule has 0 unspecified atom stereocenters. The highest BCUT2D eigenvalue weighted by molar-refractivity contribution is 5.97. The minimum absolute atomic E-state index is 0.0281. The first-order valence-corrected chi connectivity index (χ1v) is 8.34. The number of rotatable bonds is 1. The standard InChI is InChI=1S/C20H28O2/c1-13(2)19-16-10-9-14(3)7-6-8-15(4)17(21)11-20(16,5)12-18(19)22/h7,10,13,19H,4,6,8-9,11-12H2,1-3,5H3/b14-7-,16-10-/t19-,20+/m1/s1. The highest BCUT2D eigenvalue weighted by atomic mass is 16.1. The van der Waals surface area contributed by atoms with Gasteiger partial charge in [-0.05, 0) is 37.7 Å². The summed E-state index contributed by atoms with van der Waals surface area (Å²) < 4.78 is 0. The SMILES string of the molecule is C=C1CC/C=C(/C)C/C=C2/[C@@H](C(C)C)C(=O)C[C@]2(C)CC1=O. The monoisotopic (exact) mass is 300 g/mol. The van der Waals surface area contributed by atoms with E-state index >= 15 is 0 Å². The minimum Gasteiger partial charge on any atom is -0.299 e. The molecule has 1 saturated carbocycles. The summed E-state index contributed by atoms with van der Waals surface area (Å²) >= 11 is 0. The first-order chi connectivity index (χ1) is 10.2. The maximum absolute atomic E-state index is 12.5. The van der Waals surface area contributed by atoms with Crippen molar-refractivity contribution in [2.45, 2.75) is 59.8 Å². The number of fused-ring (bicyclic) bond motifs is 1. The van der Waals surface area contributed by atoms with Gasteiger partial charge in [0.05, 0.1) is 0 Å². The number of allylic oxidation sites excluding steroid dienone is 5. The van der Waals surface area contributed by atoms with Crippen molar-refractivity contribution in [1.82, 2.24) is 0 Å². The van der Waals surface area contributed by atoms with Crippen LogP contribution >= 0.6 is 0 Å². The van der Waals surface area contributed by atoms with Gasteiger partial charge in [0.15, 0.2) is 5.78 Å². The lowest BCUT2D eigenvalue weighted by atomic mass is 9.75. The van der Waals surface area contributed by atoms with Crippen molar-refractivity contribution in [3.8, 4) is 0 Å². The predicted octanol–water partition coefficient (Wildman–Crippen LogP) is 4.81. The van der Waals surface area contributed by atoms with Gasteiger partial charge in [-0.25, -0.2) is 0 Å². The number of hydrogen-bond donors (Lipinski definition) is 0. The molecule has 1 fully saturated rings. The summed E-state index contributed by atoms with van der Waals surface area (Å²) in [7, 11) is 0. The van der Waals surface area contributed by atoms with Crippen molar-refractivity contribution in [2.24, 2.45) is 17.3 Å². The first-order valence-electron chi connectivity index (χ1n) is 8.34. The summed E-state index contributed by atoms with van der Waals surface area (Å²) in [6, 6.07) is 0. The molecule has 0 bridgehead atoms. The Labute approximate surface area is 134 Å². The quantitative estimate of drug-likeness (QED) is 0.514. The molecular weight excluding hydrogens is 272 g/mol. The molecule has 0 aromatic rings. The average molecular weight is 300 g/mol. The fraction of sp³-hybridized carbons (Fsp3) is 0.600. The van der Waals surface area contributed by atoms with Gasteiger partial charge in [0.2, 0.25) is 0 Å². The van der Waals surface area contributed by atoms with Gasteiger partial charge < -0.3 is 0 Å². The van der Waals surface area contributed by atoms with E-state index in [0.717, 1.165) is 19.3 Å². The molecular formula is C20H28O2. The lowest BCUT2D eigenvalue weighted by Gasteiger charge is -2.28. The van der Waals surface area contributed by atoms with Crippen LogP contribution in [-0.2, 0) is 9.59 Å². The molecule has 0 heterocycles. The number of carbonyl (C=O) groups excluding carboxylic acids is 2. The minimum atomic E-state index is -0.323. The van der Waals surface area contributed by atoms with Crippen molar-refractivity contribution < 1.29 is 9.59 Å². The van der Waals surface area contributed by atoms with Crippen LogP contribution in [0.3, 0.4) is 0 Å². The third-order valence-corrected chi connectivity index (χ3v) is 5.14. The van der Waals surface area contributed by atoms with E-state index in [2.05, 4.69) is 46.4 Å². The van der Waals surface area contributed by atoms with Crippen molar-refractivity contribution in [2.75, 3.05) is 0 Å². The van der Waals surface area contributed by atoms with E-state index in [-0.39, 0.29) is 23.0 Å². The molecule has 0 N–H and O–H groups in total. The van der Waals surface area contributed by atoms with E-state index in [0.29, 0.717) is 24.2 Å². The van der Waals surface area contributed by atoms with Crippen LogP contribution in [0.25, 0.3) is 0 Å². The van der Waals surface area contributed by atoms with E-state index < -0.39 is 0 Å². The smallest absolute Gasteiger partial charge is 0.159 e. The molecule has 0 radical (unpaired) electrons. The topological polar surface area (TPSA) is 34.1 Å². The van der Waals surface area contributed by atoms with Crippen LogP contribution in [-0.4, -0.2) is 11.6 Å². The summed E-state index contributed by atoms with van der Waals surface area (Å²) in [5, 5.41) is 0. The lowest BCUT2D eigenvalue weighted by Crippen LogP contribution is -2.22. The fourth-order valence-corrected chi connectivity index (χ4v) is 3.88. The van der Waals surface area contributed by atoms with Crippen molar-refractivity contribution in [3.05, 3.63) is 35.5 Å². The molecule has 2 rings (SSSR count). The Hall–Kier alpha value is -1.44. The fourth-order valence-electron chi connectivity index (χ4n) is 3.88. The second-order valence-corrected chi connectivity index (χ2v) is 7.58. The summed E-state index contributed by atoms with van der Waals surface area (Å²) in [6.45, 7) is 12.4. The Kier molecular flexibility index (Phi) is 4.89. The Morgan fingerprint density at radius 1 is 1.23 bits per heavy atom. The van der Waals surface area contributed by atoms with Crippen LogP contribution in [0.1, 0.15) is 59.8 Å². The summed E-state index contributed by atoms with van der Waals surface area (Å²) in [5.41, 5.74) is 2.87. The van der Waals surface area contributed by atoms with Gasteiger partial charge in [-0.3, -0.25) is 9.59 Å². The van der Waals surface area contributed by atoms with E-state index in [4.69, 9.17) is 0 Å². The van der Waals surface area contributed by atoms with E-state index in [1.807, 2.05) is 0 Å². The summed E-state index contributed by atoms with van der Waals surface area (Å²) in [5.74, 6) is 0.673. The van der Waals surface area contributed by atoms with Gasteiger partial charge in [0.1, 0.15) is 5.78 Å². The second-order valence-electron chi connectivity index (χ2n) is 7.58. The molecule has 22 heavy (non-hydrogen) atoms. The molecule has 2 aliphatic carbocycles. The normalized spacial score (nSPS) is 35.5. The van der Waals surface area contributed by atoms with Crippen molar-refractivity contribution in [1.29, 1.82) is 0 Å². The Bertz CT molecular complexity index is 562. The van der Waals surface area contributed by atoms with Crippen LogP contribution < -0.4 is 0 Å². The maximum Gasteiger partial charge on any atom is 0.159 e. The van der Waals surface area contributed by atoms with Crippen LogP contribution in [0.4, 0.5) is 0 Å². The molecule has 120 valence electrons. The molecule has 0 aromatic carbocycles. The zero-order valence-electron chi connectivity index (χ0n) is 14.4. The van der Waals surface area contributed by atoms with Crippen LogP contribution in [0.5, 0.6) is 0 Å². The van der Waals surface area contributed by atoms with Gasteiger partial charge in [-0.15, -0.1) is 0 Å². The molecule has 2 nitrogen and oxygen atoms in total. The van der Waals surface area contributed by atoms with Gasteiger partial charge in [-0.2, -0.15) is 0 Å².